The molecular weight excluding hydrogens is 262 g/mol. The van der Waals surface area contributed by atoms with Crippen molar-refractivity contribution in [2.45, 2.75) is 19.3 Å². The second kappa shape index (κ2) is 4.93. The van der Waals surface area contributed by atoms with Crippen LogP contribution in [0, 0.1) is 11.8 Å². The zero-order valence-electron chi connectivity index (χ0n) is 10.7. The third-order valence-corrected chi connectivity index (χ3v) is 4.64. The monoisotopic (exact) mass is 279 g/mol. The van der Waals surface area contributed by atoms with Crippen LogP contribution in [-0.2, 0) is 0 Å². The first-order valence-corrected chi connectivity index (χ1v) is 7.09. The molecule has 1 saturated heterocycles. The summed E-state index contributed by atoms with van der Waals surface area (Å²) in [6.45, 7) is 2.13. The fourth-order valence-electron chi connectivity index (χ4n) is 3.47. The lowest BCUT2D eigenvalue weighted by Gasteiger charge is -2.22. The van der Waals surface area contributed by atoms with Gasteiger partial charge in [-0.25, -0.2) is 0 Å². The van der Waals surface area contributed by atoms with Crippen molar-refractivity contribution in [1.82, 2.24) is 0 Å². The van der Waals surface area contributed by atoms with Gasteiger partial charge >= 0.3 is 0 Å². The van der Waals surface area contributed by atoms with E-state index in [2.05, 4.69) is 10.1 Å². The maximum atomic E-state index is 8.91. The van der Waals surface area contributed by atoms with Crippen molar-refractivity contribution in [1.29, 1.82) is 0 Å². The molecule has 1 heterocycles. The normalized spacial score (nSPS) is 26.8. The molecule has 5 heteroatoms. The molecule has 4 nitrogen and oxygen atoms in total. The number of nitrogens with zero attached hydrogens (tertiary/aromatic N) is 2. The van der Waals surface area contributed by atoms with Gasteiger partial charge in [0, 0.05) is 29.4 Å². The Hall–Kier alpha value is -1.42. The molecular formula is C14H18ClN3O. The van der Waals surface area contributed by atoms with E-state index in [4.69, 9.17) is 22.5 Å². The van der Waals surface area contributed by atoms with Crippen molar-refractivity contribution in [3.05, 3.63) is 28.8 Å². The predicted octanol–water partition coefficient (Wildman–Crippen LogP) is 2.67. The molecule has 0 amide bonds. The number of rotatable bonds is 2. The third-order valence-electron chi connectivity index (χ3n) is 4.41. The van der Waals surface area contributed by atoms with Crippen LogP contribution < -0.4 is 10.6 Å². The quantitative estimate of drug-likeness (QED) is 0.379. The lowest BCUT2D eigenvalue weighted by atomic mass is 10.0. The van der Waals surface area contributed by atoms with Crippen molar-refractivity contribution in [3.8, 4) is 0 Å². The van der Waals surface area contributed by atoms with Gasteiger partial charge in [0.15, 0.2) is 5.84 Å². The van der Waals surface area contributed by atoms with E-state index in [-0.39, 0.29) is 5.84 Å². The lowest BCUT2D eigenvalue weighted by Crippen LogP contribution is -2.25. The number of nitrogens with two attached hydrogens (primary N) is 1. The van der Waals surface area contributed by atoms with Crippen molar-refractivity contribution < 1.29 is 5.21 Å². The van der Waals surface area contributed by atoms with Gasteiger partial charge in [0.05, 0.1) is 0 Å². The molecule has 3 rings (SSSR count). The highest BCUT2D eigenvalue weighted by atomic mass is 35.5. The molecule has 1 aliphatic heterocycles. The molecule has 0 aromatic heterocycles. The van der Waals surface area contributed by atoms with E-state index < -0.39 is 0 Å². The van der Waals surface area contributed by atoms with Gasteiger partial charge in [0.25, 0.3) is 0 Å². The van der Waals surface area contributed by atoms with Gasteiger partial charge in [-0.3, -0.25) is 0 Å². The van der Waals surface area contributed by atoms with Gasteiger partial charge in [0.2, 0.25) is 0 Å². The van der Waals surface area contributed by atoms with Crippen molar-refractivity contribution in [2.75, 3.05) is 18.0 Å². The van der Waals surface area contributed by atoms with Gasteiger partial charge < -0.3 is 15.8 Å². The van der Waals surface area contributed by atoms with Crippen LogP contribution in [0.2, 0.25) is 5.02 Å². The Morgan fingerprint density at radius 2 is 2.00 bits per heavy atom. The number of anilines is 1. The van der Waals surface area contributed by atoms with Crippen LogP contribution in [0.4, 0.5) is 5.69 Å². The Kier molecular flexibility index (Phi) is 3.27. The summed E-state index contributed by atoms with van der Waals surface area (Å²) in [6, 6.07) is 5.59. The summed E-state index contributed by atoms with van der Waals surface area (Å²) in [5.41, 5.74) is 7.50. The minimum Gasteiger partial charge on any atom is -0.409 e. The van der Waals surface area contributed by atoms with Gasteiger partial charge in [-0.15, -0.1) is 0 Å². The van der Waals surface area contributed by atoms with Crippen molar-refractivity contribution >= 4 is 23.1 Å². The minimum absolute atomic E-state index is 0.120. The van der Waals surface area contributed by atoms with Crippen molar-refractivity contribution in [3.63, 3.8) is 0 Å². The van der Waals surface area contributed by atoms with E-state index in [1.807, 2.05) is 12.1 Å². The predicted molar refractivity (Wildman–Crippen MR) is 77.0 cm³/mol. The Balaban J connectivity index is 1.92. The number of oxime groups is 1. The maximum absolute atomic E-state index is 8.91. The van der Waals surface area contributed by atoms with E-state index in [0.29, 0.717) is 5.02 Å². The highest BCUT2D eigenvalue weighted by molar-refractivity contribution is 6.31. The van der Waals surface area contributed by atoms with Crippen LogP contribution in [0.1, 0.15) is 24.8 Å². The summed E-state index contributed by atoms with van der Waals surface area (Å²) in [4.78, 5) is 2.35. The first-order valence-electron chi connectivity index (χ1n) is 6.71. The largest absolute Gasteiger partial charge is 0.409 e. The van der Waals surface area contributed by atoms with E-state index in [1.165, 1.54) is 19.3 Å². The zero-order valence-corrected chi connectivity index (χ0v) is 11.5. The highest BCUT2D eigenvalue weighted by Gasteiger charge is 2.36. The molecule has 2 aliphatic rings. The number of amidine groups is 1. The van der Waals surface area contributed by atoms with Crippen LogP contribution >= 0.6 is 11.6 Å². The topological polar surface area (TPSA) is 61.9 Å². The third kappa shape index (κ3) is 2.25. The molecule has 1 aromatic carbocycles. The number of hydrogen-bond acceptors (Lipinski definition) is 3. The molecule has 2 atom stereocenters. The number of fused-ring (bicyclic) bond motifs is 1. The molecule has 3 N–H and O–H groups in total. The number of hydrogen-bond donors (Lipinski definition) is 2. The molecule has 0 spiro atoms. The summed E-state index contributed by atoms with van der Waals surface area (Å²) in [6.07, 6.45) is 4.01. The van der Waals surface area contributed by atoms with E-state index in [9.17, 15) is 0 Å². The second-order valence-corrected chi connectivity index (χ2v) is 5.94. The van der Waals surface area contributed by atoms with E-state index in [0.717, 1.165) is 36.2 Å². The fraction of sp³-hybridized carbons (Fsp3) is 0.500. The van der Waals surface area contributed by atoms with Gasteiger partial charge in [0.1, 0.15) is 0 Å². The summed E-state index contributed by atoms with van der Waals surface area (Å²) >= 11 is 6.01. The smallest absolute Gasteiger partial charge is 0.172 e. The molecule has 2 fully saturated rings. The molecule has 0 bridgehead atoms. The minimum atomic E-state index is 0.120. The van der Waals surface area contributed by atoms with Crippen LogP contribution in [0.25, 0.3) is 0 Å². The number of benzene rings is 1. The Labute approximate surface area is 117 Å². The van der Waals surface area contributed by atoms with Gasteiger partial charge in [-0.2, -0.15) is 0 Å². The average Bonchev–Trinajstić information content (AvgIpc) is 2.98. The van der Waals surface area contributed by atoms with Crippen molar-refractivity contribution in [2.24, 2.45) is 22.7 Å². The summed E-state index contributed by atoms with van der Waals surface area (Å²) in [5.74, 6) is 1.72. The van der Waals surface area contributed by atoms with Crippen LogP contribution in [0.5, 0.6) is 0 Å². The maximum Gasteiger partial charge on any atom is 0.172 e. The molecule has 19 heavy (non-hydrogen) atoms. The van der Waals surface area contributed by atoms with E-state index in [1.54, 1.807) is 6.07 Å². The highest BCUT2D eigenvalue weighted by Crippen LogP contribution is 2.40. The first-order chi connectivity index (χ1) is 9.19. The van der Waals surface area contributed by atoms with Crippen LogP contribution in [0.15, 0.2) is 23.4 Å². The Morgan fingerprint density at radius 3 is 2.63 bits per heavy atom. The molecule has 2 unspecified atom stereocenters. The summed E-state index contributed by atoms with van der Waals surface area (Å²) < 4.78 is 0. The molecule has 102 valence electrons. The number of halogens is 1. The first kappa shape index (κ1) is 12.6. The van der Waals surface area contributed by atoms with Gasteiger partial charge in [-0.1, -0.05) is 23.2 Å². The molecule has 1 saturated carbocycles. The SMILES string of the molecule is N/C(=N/O)c1cc(Cl)ccc1N1CC2CCCC2C1. The zero-order chi connectivity index (χ0) is 13.4. The molecule has 1 aliphatic carbocycles. The second-order valence-electron chi connectivity index (χ2n) is 5.50. The Bertz CT molecular complexity index is 505. The summed E-state index contributed by atoms with van der Waals surface area (Å²) in [7, 11) is 0. The van der Waals surface area contributed by atoms with Crippen LogP contribution in [0.3, 0.4) is 0 Å². The van der Waals surface area contributed by atoms with Crippen LogP contribution in [-0.4, -0.2) is 24.1 Å². The standard InChI is InChI=1S/C14H18ClN3O/c15-11-4-5-13(12(6-11)14(16)17-19)18-7-9-2-1-3-10(9)8-18/h4-6,9-10,19H,1-3,7-8H2,(H2,16,17). The average molecular weight is 280 g/mol. The van der Waals surface area contributed by atoms with E-state index >= 15 is 0 Å². The fourth-order valence-corrected chi connectivity index (χ4v) is 3.65. The van der Waals surface area contributed by atoms with Gasteiger partial charge in [-0.05, 0) is 42.9 Å². The molecule has 1 aromatic rings. The Morgan fingerprint density at radius 1 is 1.32 bits per heavy atom. The lowest BCUT2D eigenvalue weighted by molar-refractivity contribution is 0.318. The molecule has 0 radical (unpaired) electrons. The summed E-state index contributed by atoms with van der Waals surface area (Å²) in [5, 5.41) is 12.6.